The first-order valence-electron chi connectivity index (χ1n) is 3.97. The van der Waals surface area contributed by atoms with E-state index in [1.807, 2.05) is 0 Å². The Morgan fingerprint density at radius 1 is 1.33 bits per heavy atom. The van der Waals surface area contributed by atoms with Gasteiger partial charge in [0.05, 0.1) is 19.4 Å². The lowest BCUT2D eigenvalue weighted by Gasteiger charge is -2.14. The Morgan fingerprint density at radius 3 is 2.17 bits per heavy atom. The minimum atomic E-state index is -2.89. The molecular formula is C7H16NO3P. The average Bonchev–Trinajstić information content (AvgIpc) is 2.02. The largest absolute Gasteiger partial charge is 0.335 e. The van der Waals surface area contributed by atoms with Crippen molar-refractivity contribution in [1.82, 2.24) is 0 Å². The summed E-state index contributed by atoms with van der Waals surface area (Å²) in [6, 6.07) is 0. The van der Waals surface area contributed by atoms with Gasteiger partial charge in [-0.15, -0.1) is 0 Å². The second-order valence-corrected chi connectivity index (χ2v) is 4.17. The first kappa shape index (κ1) is 11.8. The maximum Gasteiger partial charge on any atom is 0.335 e. The summed E-state index contributed by atoms with van der Waals surface area (Å²) >= 11 is 0. The Hall–Kier alpha value is -0.180. The van der Waals surface area contributed by atoms with Gasteiger partial charge < -0.3 is 14.0 Å². The number of nitrogens with zero attached hydrogens (tertiary/aromatic N) is 1. The zero-order valence-corrected chi connectivity index (χ0v) is 8.71. The van der Waals surface area contributed by atoms with E-state index < -0.39 is 7.60 Å². The summed E-state index contributed by atoms with van der Waals surface area (Å²) in [6.07, 6.45) is 1.80. The van der Waals surface area contributed by atoms with Crippen molar-refractivity contribution >= 4 is 13.8 Å². The van der Waals surface area contributed by atoms with Crippen LogP contribution in [0.2, 0.25) is 0 Å². The average molecular weight is 193 g/mol. The summed E-state index contributed by atoms with van der Waals surface area (Å²) in [6.45, 7) is 4.37. The van der Waals surface area contributed by atoms with Crippen LogP contribution >= 0.6 is 7.60 Å². The van der Waals surface area contributed by atoms with E-state index in [9.17, 15) is 4.57 Å². The lowest BCUT2D eigenvalue weighted by molar-refractivity contribution is 0.223. The summed E-state index contributed by atoms with van der Waals surface area (Å²) in [4.78, 5) is 3.73. The van der Waals surface area contributed by atoms with Crippen molar-refractivity contribution in [3.05, 3.63) is 0 Å². The molecule has 12 heavy (non-hydrogen) atoms. The Morgan fingerprint density at radius 2 is 1.83 bits per heavy atom. The first-order valence-corrected chi connectivity index (χ1v) is 5.70. The van der Waals surface area contributed by atoms with Gasteiger partial charge in [0.2, 0.25) is 0 Å². The third-order valence-electron chi connectivity index (χ3n) is 1.14. The second kappa shape index (κ2) is 6.35. The van der Waals surface area contributed by atoms with Crippen molar-refractivity contribution in [1.29, 1.82) is 0 Å². The van der Waals surface area contributed by atoms with Gasteiger partial charge in [-0.1, -0.05) is 0 Å². The van der Waals surface area contributed by atoms with E-state index in [2.05, 4.69) is 4.99 Å². The van der Waals surface area contributed by atoms with Crippen LogP contribution in [-0.2, 0) is 13.6 Å². The summed E-state index contributed by atoms with van der Waals surface area (Å²) in [7, 11) is -1.26. The van der Waals surface area contributed by atoms with E-state index in [1.165, 1.54) is 0 Å². The normalized spacial score (nSPS) is 12.6. The Labute approximate surface area is 73.5 Å². The lowest BCUT2D eigenvalue weighted by Crippen LogP contribution is -2.00. The molecule has 0 unspecified atom stereocenters. The molecule has 0 bridgehead atoms. The van der Waals surface area contributed by atoms with Crippen molar-refractivity contribution in [3.8, 4) is 0 Å². The van der Waals surface area contributed by atoms with E-state index in [-0.39, 0.29) is 6.16 Å². The molecule has 0 N–H and O–H groups in total. The van der Waals surface area contributed by atoms with Crippen LogP contribution in [0.3, 0.4) is 0 Å². The highest BCUT2D eigenvalue weighted by Crippen LogP contribution is 2.46. The topological polar surface area (TPSA) is 47.9 Å². The van der Waals surface area contributed by atoms with Gasteiger partial charge in [0, 0.05) is 13.3 Å². The molecule has 0 fully saturated rings. The van der Waals surface area contributed by atoms with Gasteiger partial charge in [-0.25, -0.2) is 0 Å². The highest BCUT2D eigenvalue weighted by molar-refractivity contribution is 7.54. The zero-order valence-electron chi connectivity index (χ0n) is 7.82. The molecule has 0 saturated carbocycles. The Balaban J connectivity index is 4.08. The molecule has 0 atom stereocenters. The molecule has 4 nitrogen and oxygen atoms in total. The molecule has 0 radical (unpaired) electrons. The zero-order chi connectivity index (χ0) is 9.45. The fourth-order valence-electron chi connectivity index (χ4n) is 0.718. The van der Waals surface area contributed by atoms with E-state index in [0.717, 1.165) is 0 Å². The molecule has 0 aliphatic rings. The second-order valence-electron chi connectivity index (χ2n) is 2.07. The van der Waals surface area contributed by atoms with E-state index in [1.54, 1.807) is 27.1 Å². The molecule has 0 spiro atoms. The summed E-state index contributed by atoms with van der Waals surface area (Å²) < 4.78 is 21.7. The maximum atomic E-state index is 11.6. The van der Waals surface area contributed by atoms with E-state index in [0.29, 0.717) is 13.2 Å². The summed E-state index contributed by atoms with van der Waals surface area (Å²) in [5.41, 5.74) is 0. The van der Waals surface area contributed by atoms with Crippen LogP contribution in [0.1, 0.15) is 13.8 Å². The Kier molecular flexibility index (Phi) is 6.25. The van der Waals surface area contributed by atoms with E-state index >= 15 is 0 Å². The van der Waals surface area contributed by atoms with Crippen LogP contribution in [0.25, 0.3) is 0 Å². The van der Waals surface area contributed by atoms with Gasteiger partial charge in [0.1, 0.15) is 0 Å². The predicted molar refractivity (Wildman–Crippen MR) is 50.1 cm³/mol. The van der Waals surface area contributed by atoms with Gasteiger partial charge in [-0.05, 0) is 13.8 Å². The first-order chi connectivity index (χ1) is 5.68. The minimum absolute atomic E-state index is 0.255. The van der Waals surface area contributed by atoms with Crippen molar-refractivity contribution in [3.63, 3.8) is 0 Å². The predicted octanol–water partition coefficient (Wildman–Crippen LogP) is 1.95. The van der Waals surface area contributed by atoms with Gasteiger partial charge >= 0.3 is 7.60 Å². The van der Waals surface area contributed by atoms with Gasteiger partial charge in [-0.3, -0.25) is 4.57 Å². The van der Waals surface area contributed by atoms with Crippen molar-refractivity contribution in [2.75, 3.05) is 26.4 Å². The number of hydrogen-bond acceptors (Lipinski definition) is 4. The van der Waals surface area contributed by atoms with Gasteiger partial charge in [0.15, 0.2) is 0 Å². The molecule has 0 aromatic heterocycles. The molecule has 0 rings (SSSR count). The quantitative estimate of drug-likeness (QED) is 0.478. The molecule has 0 aromatic carbocycles. The number of aliphatic imine (C=N–C) groups is 1. The summed E-state index contributed by atoms with van der Waals surface area (Å²) in [5.74, 6) is 0. The molecule has 0 aromatic rings. The SMILES string of the molecule is CCOP(=O)(CC=NC)OCC. The number of rotatable bonds is 6. The highest BCUT2D eigenvalue weighted by Gasteiger charge is 2.21. The molecule has 5 heteroatoms. The van der Waals surface area contributed by atoms with Crippen LogP contribution in [0.5, 0.6) is 0 Å². The molecule has 0 aliphatic heterocycles. The monoisotopic (exact) mass is 193 g/mol. The van der Waals surface area contributed by atoms with Gasteiger partial charge in [-0.2, -0.15) is 0 Å². The highest BCUT2D eigenvalue weighted by atomic mass is 31.2. The van der Waals surface area contributed by atoms with E-state index in [4.69, 9.17) is 9.05 Å². The molecular weight excluding hydrogens is 177 g/mol. The fourth-order valence-corrected chi connectivity index (χ4v) is 2.15. The molecule has 0 saturated heterocycles. The molecule has 0 heterocycles. The molecule has 0 aliphatic carbocycles. The lowest BCUT2D eigenvalue weighted by atomic mass is 10.9. The molecule has 0 amide bonds. The van der Waals surface area contributed by atoms with Crippen molar-refractivity contribution in [2.24, 2.45) is 4.99 Å². The van der Waals surface area contributed by atoms with Crippen LogP contribution in [0.4, 0.5) is 0 Å². The third kappa shape index (κ3) is 4.65. The third-order valence-corrected chi connectivity index (χ3v) is 3.05. The standard InChI is InChI=1S/C7H16NO3P/c1-4-10-12(9,11-5-2)7-6-8-3/h6H,4-5,7H2,1-3H3. The van der Waals surface area contributed by atoms with Gasteiger partial charge in [0.25, 0.3) is 0 Å². The molecule has 72 valence electrons. The van der Waals surface area contributed by atoms with Crippen LogP contribution in [-0.4, -0.2) is 32.6 Å². The Bertz CT molecular complexity index is 171. The van der Waals surface area contributed by atoms with Crippen molar-refractivity contribution < 1.29 is 13.6 Å². The van der Waals surface area contributed by atoms with Crippen LogP contribution in [0.15, 0.2) is 4.99 Å². The van der Waals surface area contributed by atoms with Crippen LogP contribution in [0, 0.1) is 0 Å². The summed E-state index contributed by atoms with van der Waals surface area (Å²) in [5, 5.41) is 0. The minimum Gasteiger partial charge on any atom is -0.309 e. The van der Waals surface area contributed by atoms with Crippen LogP contribution < -0.4 is 0 Å². The smallest absolute Gasteiger partial charge is 0.309 e. The maximum absolute atomic E-state index is 11.6. The fraction of sp³-hybridized carbons (Fsp3) is 0.857. The van der Waals surface area contributed by atoms with Crippen molar-refractivity contribution in [2.45, 2.75) is 13.8 Å². The number of hydrogen-bond donors (Lipinski definition) is 0.